The molecule has 11 aliphatic rings. The molecule has 0 unspecified atom stereocenters. The third-order valence-corrected chi connectivity index (χ3v) is 31.1. The van der Waals surface area contributed by atoms with Crippen LogP contribution in [0.15, 0.2) is 0 Å². The fourth-order valence-electron chi connectivity index (χ4n) is 8.42. The van der Waals surface area contributed by atoms with Gasteiger partial charge in [0.1, 0.15) is 0 Å². The summed E-state index contributed by atoms with van der Waals surface area (Å²) in [5.74, 6) is 0. The second kappa shape index (κ2) is 18.3. The zero-order valence-corrected chi connectivity index (χ0v) is 40.6. The van der Waals surface area contributed by atoms with Crippen LogP contribution in [-0.2, 0) is 64.8 Å². The van der Waals surface area contributed by atoms with Gasteiger partial charge in [-0.15, -0.1) is 0 Å². The molecule has 1 saturated heterocycles. The van der Waals surface area contributed by atoms with Gasteiger partial charge in [0.05, 0.1) is 61.0 Å². The van der Waals surface area contributed by atoms with Gasteiger partial charge in [0.2, 0.25) is 0 Å². The van der Waals surface area contributed by atoms with E-state index in [4.69, 9.17) is 64.8 Å². The summed E-state index contributed by atoms with van der Waals surface area (Å²) in [7, 11) is -22.5. The Morgan fingerprint density at radius 1 is 0.183 bits per heavy atom. The SMILES string of the molecule is C1CC(O[Si]2(OC3CCC3)O[Si](OC3CCC3)(OC3CCC3)O[Si](OC3CCC3)(OC3CCC3)O[Si](OC3CCC3)(OC3CCC3)O[Si](OC3CCC3)(OC3CCC3)O2)C1. The Kier molecular flexibility index (Phi) is 13.1. The van der Waals surface area contributed by atoms with E-state index >= 15 is 0 Å². The monoisotopic (exact) mass is 930 g/mol. The van der Waals surface area contributed by atoms with Crippen LogP contribution >= 0.6 is 0 Å². The Hall–Kier alpha value is 0.484. The lowest BCUT2D eigenvalue weighted by atomic mass is 9.97. The van der Waals surface area contributed by atoms with Crippen molar-refractivity contribution >= 4 is 45.2 Å². The highest BCUT2D eigenvalue weighted by Crippen LogP contribution is 2.47. The average Bonchev–Trinajstić information content (AvgIpc) is 3.04. The summed E-state index contributed by atoms with van der Waals surface area (Å²) in [6, 6.07) is 0. The normalized spacial score (nSPS) is 33.0. The smallest absolute Gasteiger partial charge is 0.349 e. The van der Waals surface area contributed by atoms with Gasteiger partial charge in [-0.25, -0.2) is 0 Å². The van der Waals surface area contributed by atoms with Crippen molar-refractivity contribution in [1.82, 2.24) is 0 Å². The van der Waals surface area contributed by atoms with E-state index in [-0.39, 0.29) is 61.0 Å². The molecule has 11 rings (SSSR count). The van der Waals surface area contributed by atoms with Crippen LogP contribution in [0.1, 0.15) is 193 Å². The van der Waals surface area contributed by atoms with Crippen LogP contribution in [0.5, 0.6) is 0 Å². The largest absolute Gasteiger partial charge is 0.668 e. The second-order valence-electron chi connectivity index (χ2n) is 19.7. The van der Waals surface area contributed by atoms with Crippen LogP contribution in [0.3, 0.4) is 0 Å². The van der Waals surface area contributed by atoms with Gasteiger partial charge < -0.3 is 64.8 Å². The van der Waals surface area contributed by atoms with Crippen LogP contribution in [0.2, 0.25) is 0 Å². The zero-order chi connectivity index (χ0) is 40.1. The maximum Gasteiger partial charge on any atom is 0.668 e. The van der Waals surface area contributed by atoms with E-state index in [2.05, 4.69) is 0 Å². The summed E-state index contributed by atoms with van der Waals surface area (Å²) < 4.78 is 111. The molecule has 1 heterocycles. The van der Waals surface area contributed by atoms with E-state index in [1.165, 1.54) is 0 Å². The van der Waals surface area contributed by atoms with Crippen LogP contribution in [-0.4, -0.2) is 106 Å². The Bertz CT molecular complexity index is 1090. The van der Waals surface area contributed by atoms with E-state index in [0.717, 1.165) is 193 Å². The Morgan fingerprint density at radius 3 is 0.350 bits per heavy atom. The minimum atomic E-state index is -4.50. The molecule has 340 valence electrons. The zero-order valence-electron chi connectivity index (χ0n) is 35.6. The molecule has 11 fully saturated rings. The first kappa shape index (κ1) is 43.1. The summed E-state index contributed by atoms with van der Waals surface area (Å²) in [5, 5.41) is 0. The van der Waals surface area contributed by atoms with Gasteiger partial charge in [0.15, 0.2) is 0 Å². The van der Waals surface area contributed by atoms with Crippen LogP contribution < -0.4 is 0 Å². The molecule has 0 N–H and O–H groups in total. The third-order valence-electron chi connectivity index (χ3n) is 14.9. The van der Waals surface area contributed by atoms with Crippen LogP contribution in [0, 0.1) is 0 Å². The number of hydrogen-bond donors (Lipinski definition) is 0. The first-order valence-electron chi connectivity index (χ1n) is 24.6. The maximum atomic E-state index is 7.63. The quantitative estimate of drug-likeness (QED) is 0.109. The molecule has 10 aliphatic carbocycles. The lowest BCUT2D eigenvalue weighted by Crippen LogP contribution is -2.79. The fraction of sp³-hybridized carbons (Fsp3) is 1.00. The van der Waals surface area contributed by atoms with Crippen molar-refractivity contribution in [3.8, 4) is 0 Å². The first-order valence-corrected chi connectivity index (χ1v) is 32.8. The molecule has 15 nitrogen and oxygen atoms in total. The van der Waals surface area contributed by atoms with Crippen molar-refractivity contribution in [2.45, 2.75) is 254 Å². The van der Waals surface area contributed by atoms with Gasteiger partial charge in [-0.2, -0.15) is 0 Å². The maximum absolute atomic E-state index is 7.63. The molecule has 0 amide bonds. The van der Waals surface area contributed by atoms with E-state index in [1.54, 1.807) is 0 Å². The molecule has 1 aliphatic heterocycles. The van der Waals surface area contributed by atoms with Crippen molar-refractivity contribution in [3.63, 3.8) is 0 Å². The Balaban J connectivity index is 1.11. The van der Waals surface area contributed by atoms with Crippen molar-refractivity contribution in [3.05, 3.63) is 0 Å². The van der Waals surface area contributed by atoms with Gasteiger partial charge in [-0.05, 0) is 193 Å². The second-order valence-corrected chi connectivity index (χ2v) is 31.2. The molecule has 0 aromatic heterocycles. The molecular formula is C40H70O15Si5. The van der Waals surface area contributed by atoms with E-state index in [0.29, 0.717) is 0 Å². The highest BCUT2D eigenvalue weighted by molar-refractivity contribution is 6.83. The molecule has 20 heteroatoms. The summed E-state index contributed by atoms with van der Waals surface area (Å²) in [5.41, 5.74) is 0. The minimum absolute atomic E-state index is 0.159. The molecule has 0 bridgehead atoms. The van der Waals surface area contributed by atoms with Crippen molar-refractivity contribution < 1.29 is 64.8 Å². The van der Waals surface area contributed by atoms with E-state index in [9.17, 15) is 0 Å². The van der Waals surface area contributed by atoms with Gasteiger partial charge in [-0.3, -0.25) is 0 Å². The number of hydrogen-bond acceptors (Lipinski definition) is 15. The topological polar surface area (TPSA) is 138 Å². The highest BCUT2D eigenvalue weighted by Gasteiger charge is 2.79. The molecule has 0 radical (unpaired) electrons. The molecule has 0 aromatic carbocycles. The molecular weight excluding hydrogens is 861 g/mol. The lowest BCUT2D eigenvalue weighted by Gasteiger charge is -2.52. The first-order chi connectivity index (χ1) is 29.3. The molecule has 0 spiro atoms. The lowest BCUT2D eigenvalue weighted by molar-refractivity contribution is -0.170. The highest BCUT2D eigenvalue weighted by atomic mass is 28.6. The summed E-state index contributed by atoms with van der Waals surface area (Å²) in [6.45, 7) is 0. The molecule has 60 heavy (non-hydrogen) atoms. The van der Waals surface area contributed by atoms with E-state index < -0.39 is 45.2 Å². The van der Waals surface area contributed by atoms with Gasteiger partial charge in [0.25, 0.3) is 0 Å². The van der Waals surface area contributed by atoms with Crippen LogP contribution in [0.25, 0.3) is 0 Å². The van der Waals surface area contributed by atoms with Crippen LogP contribution in [0.4, 0.5) is 0 Å². The molecule has 0 aromatic rings. The number of rotatable bonds is 20. The average molecular weight is 931 g/mol. The fourth-order valence-corrected chi connectivity index (χ4v) is 27.8. The van der Waals surface area contributed by atoms with Crippen molar-refractivity contribution in [1.29, 1.82) is 0 Å². The van der Waals surface area contributed by atoms with Crippen molar-refractivity contribution in [2.75, 3.05) is 0 Å². The van der Waals surface area contributed by atoms with Crippen molar-refractivity contribution in [2.24, 2.45) is 0 Å². The minimum Gasteiger partial charge on any atom is -0.349 e. The predicted octanol–water partition coefficient (Wildman–Crippen LogP) is 7.95. The molecule has 10 saturated carbocycles. The predicted molar refractivity (Wildman–Crippen MR) is 221 cm³/mol. The van der Waals surface area contributed by atoms with E-state index in [1.807, 2.05) is 0 Å². The van der Waals surface area contributed by atoms with Gasteiger partial charge >= 0.3 is 45.2 Å². The summed E-state index contributed by atoms with van der Waals surface area (Å²) in [6.07, 6.45) is 25.9. The Morgan fingerprint density at radius 2 is 0.283 bits per heavy atom. The van der Waals surface area contributed by atoms with Gasteiger partial charge in [-0.1, -0.05) is 0 Å². The Labute approximate surface area is 362 Å². The summed E-state index contributed by atoms with van der Waals surface area (Å²) in [4.78, 5) is 0. The summed E-state index contributed by atoms with van der Waals surface area (Å²) >= 11 is 0. The third kappa shape index (κ3) is 9.79. The van der Waals surface area contributed by atoms with Gasteiger partial charge in [0, 0.05) is 0 Å². The standard InChI is InChI=1S/C40H70O15Si5/c1-11-31(12-1)41-56(42-32-13-2-14-32)51-57(43-33-15-3-16-33,44-34-17-4-18-34)53-59(47-37-23-7-24-37,48-38-25-8-26-38)55-60(49-39-27-9-28-39,50-40-29-10-30-40)54-58(52-56,45-35-19-5-20-35)46-36-21-6-22-36/h31-40H,1-30H2. The molecule has 0 atom stereocenters.